The Labute approximate surface area is 160 Å². The van der Waals surface area contributed by atoms with Crippen molar-refractivity contribution in [1.29, 1.82) is 0 Å². The molecule has 26 heavy (non-hydrogen) atoms. The number of phenolic OH excluding ortho intramolecular Hbond substituents is 1. The maximum atomic E-state index is 10.0. The Hall–Kier alpha value is -2.24. The van der Waals surface area contributed by atoms with Gasteiger partial charge in [-0.25, -0.2) is 0 Å². The second kappa shape index (κ2) is 12.2. The summed E-state index contributed by atoms with van der Waals surface area (Å²) in [5, 5.41) is 9.02. The molecular weight excluding hydrogens is 352 g/mol. The summed E-state index contributed by atoms with van der Waals surface area (Å²) < 4.78 is 4.68. The van der Waals surface area contributed by atoms with Crippen LogP contribution in [0.5, 0.6) is 11.5 Å². The number of hydrogen-bond acceptors (Lipinski definition) is 5. The first kappa shape index (κ1) is 21.8. The van der Waals surface area contributed by atoms with Crippen LogP contribution in [-0.2, 0) is 11.2 Å². The molecule has 2 aromatic carbocycles. The van der Waals surface area contributed by atoms with E-state index >= 15 is 0 Å². The summed E-state index contributed by atoms with van der Waals surface area (Å²) in [5.41, 5.74) is 2.31. The maximum Gasteiger partial charge on any atom is 0.298 e. The number of aromatic hydroxyl groups is 1. The van der Waals surface area contributed by atoms with Crippen molar-refractivity contribution < 1.29 is 14.6 Å². The predicted molar refractivity (Wildman–Crippen MR) is 107 cm³/mol. The number of phenols is 1. The van der Waals surface area contributed by atoms with Gasteiger partial charge in [0.1, 0.15) is 11.5 Å². The number of alkyl halides is 1. The molecule has 0 aliphatic carbocycles. The number of carbonyl (C=O) groups is 1. The maximum absolute atomic E-state index is 10.0. The van der Waals surface area contributed by atoms with E-state index in [1.54, 1.807) is 24.3 Å². The molecule has 0 aromatic heterocycles. The molecule has 0 atom stereocenters. The van der Waals surface area contributed by atoms with Crippen LogP contribution in [0.4, 0.5) is 5.69 Å². The smallest absolute Gasteiger partial charge is 0.298 e. The second-order valence-corrected chi connectivity index (χ2v) is 6.42. The van der Waals surface area contributed by atoms with Gasteiger partial charge in [-0.05, 0) is 62.5 Å². The van der Waals surface area contributed by atoms with Crippen molar-refractivity contribution in [3.63, 3.8) is 0 Å². The number of nitrogens with zero attached hydrogens (tertiary/aromatic N) is 2. The van der Waals surface area contributed by atoms with E-state index in [0.717, 1.165) is 25.2 Å². The molecule has 2 aromatic rings. The number of hydrogen-bond donors (Lipinski definition) is 1. The number of anilines is 1. The monoisotopic (exact) mass is 378 g/mol. The Morgan fingerprint density at radius 3 is 2.12 bits per heavy atom. The first-order chi connectivity index (χ1) is 12.5. The summed E-state index contributed by atoms with van der Waals surface area (Å²) in [5.74, 6) is 1.47. The minimum Gasteiger partial charge on any atom is -0.508 e. The van der Waals surface area contributed by atoms with Crippen molar-refractivity contribution >= 4 is 23.8 Å². The highest BCUT2D eigenvalue weighted by Crippen LogP contribution is 2.17. The summed E-state index contributed by atoms with van der Waals surface area (Å²) in [6, 6.07) is 14.6. The van der Waals surface area contributed by atoms with E-state index in [0.29, 0.717) is 23.9 Å². The Morgan fingerprint density at radius 2 is 1.62 bits per heavy atom. The number of rotatable bonds is 8. The van der Waals surface area contributed by atoms with Crippen LogP contribution in [0.2, 0.25) is 0 Å². The van der Waals surface area contributed by atoms with Crippen LogP contribution >= 0.6 is 11.6 Å². The third-order valence-corrected chi connectivity index (χ3v) is 3.83. The molecule has 0 unspecified atom stereocenters. The molecule has 0 heterocycles. The van der Waals surface area contributed by atoms with Crippen LogP contribution in [-0.4, -0.2) is 56.6 Å². The molecule has 0 amide bonds. The Bertz CT molecular complexity index is 631. The van der Waals surface area contributed by atoms with Gasteiger partial charge in [-0.1, -0.05) is 12.1 Å². The van der Waals surface area contributed by atoms with E-state index in [2.05, 4.69) is 23.7 Å². The number of carbonyl (C=O) groups excluding carboxylic acids is 1. The van der Waals surface area contributed by atoms with Gasteiger partial charge in [0.15, 0.2) is 0 Å². The predicted octanol–water partition coefficient (Wildman–Crippen LogP) is 3.39. The number of likely N-dealkylation sites (N-methyl/N-ethyl adjacent to an activating group) is 1. The Balaban J connectivity index is 0.000000263. The van der Waals surface area contributed by atoms with E-state index in [1.807, 2.05) is 36.2 Å². The molecule has 6 heteroatoms. The van der Waals surface area contributed by atoms with Crippen LogP contribution in [0, 0.1) is 0 Å². The van der Waals surface area contributed by atoms with Gasteiger partial charge in [0, 0.05) is 31.7 Å². The van der Waals surface area contributed by atoms with Crippen LogP contribution < -0.4 is 9.64 Å². The summed E-state index contributed by atoms with van der Waals surface area (Å²) in [6.07, 6.45) is 1.04. The van der Waals surface area contributed by atoms with Gasteiger partial charge in [-0.2, -0.15) is 0 Å². The van der Waals surface area contributed by atoms with Gasteiger partial charge in [-0.3, -0.25) is 4.79 Å². The summed E-state index contributed by atoms with van der Waals surface area (Å²) >= 11 is 5.61. The molecular formula is C20H27ClN2O3. The van der Waals surface area contributed by atoms with Gasteiger partial charge in [0.05, 0.1) is 0 Å². The molecule has 0 aliphatic heterocycles. The molecule has 0 saturated heterocycles. The van der Waals surface area contributed by atoms with Crippen LogP contribution in [0.25, 0.3) is 0 Å². The van der Waals surface area contributed by atoms with E-state index in [9.17, 15) is 4.79 Å². The highest BCUT2D eigenvalue weighted by atomic mass is 35.5. The molecule has 0 spiro atoms. The van der Waals surface area contributed by atoms with Crippen LogP contribution in [0.15, 0.2) is 48.5 Å². The fraction of sp³-hybridized carbons (Fsp3) is 0.350. The molecule has 0 saturated carbocycles. The SMILES string of the molecule is CN(C)CCc1ccc(O)cc1.CN(CCCl)c1ccc(OC=O)cc1. The highest BCUT2D eigenvalue weighted by Gasteiger charge is 1.99. The zero-order valence-corrected chi connectivity index (χ0v) is 16.3. The van der Waals surface area contributed by atoms with E-state index < -0.39 is 0 Å². The summed E-state index contributed by atoms with van der Waals surface area (Å²) in [7, 11) is 6.07. The molecule has 1 N–H and O–H groups in total. The Kier molecular flexibility index (Phi) is 10.2. The number of benzene rings is 2. The average Bonchev–Trinajstić information content (AvgIpc) is 2.63. The van der Waals surface area contributed by atoms with E-state index in [1.165, 1.54) is 5.56 Å². The van der Waals surface area contributed by atoms with E-state index in [4.69, 9.17) is 16.7 Å². The minimum absolute atomic E-state index is 0.337. The molecule has 0 fully saturated rings. The highest BCUT2D eigenvalue weighted by molar-refractivity contribution is 6.18. The first-order valence-electron chi connectivity index (χ1n) is 8.36. The minimum atomic E-state index is 0.337. The molecule has 5 nitrogen and oxygen atoms in total. The standard InChI is InChI=1S/C10H12ClNO2.C10H15NO/c1-12(7-6-11)9-2-4-10(5-3-9)14-8-13;1-11(2)8-7-9-3-5-10(12)6-4-9/h2-5,8H,6-7H2,1H3;3-6,12H,7-8H2,1-2H3. The fourth-order valence-corrected chi connectivity index (χ4v) is 2.36. The van der Waals surface area contributed by atoms with Gasteiger partial charge in [0.25, 0.3) is 6.47 Å². The van der Waals surface area contributed by atoms with E-state index in [-0.39, 0.29) is 0 Å². The third-order valence-electron chi connectivity index (χ3n) is 3.67. The number of halogens is 1. The summed E-state index contributed by atoms with van der Waals surface area (Å²) in [4.78, 5) is 14.2. The van der Waals surface area contributed by atoms with Crippen molar-refractivity contribution in [3.8, 4) is 11.5 Å². The van der Waals surface area contributed by atoms with Crippen molar-refractivity contribution in [2.24, 2.45) is 0 Å². The van der Waals surface area contributed by atoms with Crippen LogP contribution in [0.3, 0.4) is 0 Å². The van der Waals surface area contributed by atoms with Crippen molar-refractivity contribution in [2.45, 2.75) is 6.42 Å². The van der Waals surface area contributed by atoms with Gasteiger partial charge in [-0.15, -0.1) is 11.6 Å². The fourth-order valence-electron chi connectivity index (χ4n) is 2.11. The second-order valence-electron chi connectivity index (χ2n) is 6.04. The quantitative estimate of drug-likeness (QED) is 0.563. The average molecular weight is 379 g/mol. The number of ether oxygens (including phenoxy) is 1. The zero-order valence-electron chi connectivity index (χ0n) is 15.6. The molecule has 142 valence electrons. The van der Waals surface area contributed by atoms with Crippen molar-refractivity contribution in [3.05, 3.63) is 54.1 Å². The molecule has 0 aliphatic rings. The first-order valence-corrected chi connectivity index (χ1v) is 8.89. The van der Waals surface area contributed by atoms with Gasteiger partial charge < -0.3 is 19.6 Å². The lowest BCUT2D eigenvalue weighted by Crippen LogP contribution is -2.19. The molecule has 2 rings (SSSR count). The van der Waals surface area contributed by atoms with Gasteiger partial charge >= 0.3 is 0 Å². The normalized spacial score (nSPS) is 10.0. The molecule has 0 bridgehead atoms. The van der Waals surface area contributed by atoms with Crippen molar-refractivity contribution in [2.75, 3.05) is 45.0 Å². The summed E-state index contributed by atoms with van der Waals surface area (Å²) in [6.45, 7) is 2.25. The van der Waals surface area contributed by atoms with Gasteiger partial charge in [0.2, 0.25) is 0 Å². The third kappa shape index (κ3) is 8.74. The topological polar surface area (TPSA) is 53.0 Å². The zero-order chi connectivity index (χ0) is 19.4. The lowest BCUT2D eigenvalue weighted by atomic mass is 10.1. The lowest BCUT2D eigenvalue weighted by molar-refractivity contribution is -0.120. The van der Waals surface area contributed by atoms with Crippen LogP contribution in [0.1, 0.15) is 5.56 Å². The largest absolute Gasteiger partial charge is 0.508 e. The van der Waals surface area contributed by atoms with Crippen molar-refractivity contribution in [1.82, 2.24) is 4.90 Å². The molecule has 0 radical (unpaired) electrons. The Morgan fingerprint density at radius 1 is 1.00 bits per heavy atom. The lowest BCUT2D eigenvalue weighted by Gasteiger charge is -2.17.